The SMILES string of the molecule is N#CCCn1ncc2c(NCCc3nc4c(s3)CCC4)ncnc21. The van der Waals surface area contributed by atoms with E-state index in [0.717, 1.165) is 36.2 Å². The molecule has 0 unspecified atom stereocenters. The molecule has 7 nitrogen and oxygen atoms in total. The van der Waals surface area contributed by atoms with Gasteiger partial charge in [-0.3, -0.25) is 0 Å². The minimum Gasteiger partial charge on any atom is -0.369 e. The van der Waals surface area contributed by atoms with Gasteiger partial charge in [-0.15, -0.1) is 11.3 Å². The Balaban J connectivity index is 1.44. The Morgan fingerprint density at radius 3 is 3.17 bits per heavy atom. The fourth-order valence-electron chi connectivity index (χ4n) is 2.99. The zero-order valence-corrected chi connectivity index (χ0v) is 14.0. The summed E-state index contributed by atoms with van der Waals surface area (Å²) < 4.78 is 1.75. The van der Waals surface area contributed by atoms with Crippen molar-refractivity contribution in [3.8, 4) is 6.07 Å². The van der Waals surface area contributed by atoms with Crippen LogP contribution in [0.3, 0.4) is 0 Å². The highest BCUT2D eigenvalue weighted by Gasteiger charge is 2.16. The van der Waals surface area contributed by atoms with Gasteiger partial charge < -0.3 is 5.32 Å². The topological polar surface area (TPSA) is 92.3 Å². The van der Waals surface area contributed by atoms with E-state index in [1.54, 1.807) is 10.9 Å². The van der Waals surface area contributed by atoms with Gasteiger partial charge in [0.1, 0.15) is 12.1 Å². The number of aryl methyl sites for hydroxylation is 3. The highest BCUT2D eigenvalue weighted by Crippen LogP contribution is 2.27. The minimum atomic E-state index is 0.415. The van der Waals surface area contributed by atoms with Crippen LogP contribution in [0.4, 0.5) is 5.82 Å². The number of nitrogens with one attached hydrogen (secondary N) is 1. The van der Waals surface area contributed by atoms with Gasteiger partial charge in [-0.05, 0) is 19.3 Å². The molecule has 3 heterocycles. The second kappa shape index (κ2) is 6.53. The lowest BCUT2D eigenvalue weighted by Crippen LogP contribution is -2.07. The molecule has 0 saturated heterocycles. The van der Waals surface area contributed by atoms with E-state index in [9.17, 15) is 0 Å². The van der Waals surface area contributed by atoms with Crippen LogP contribution in [0.5, 0.6) is 0 Å². The monoisotopic (exact) mass is 339 g/mol. The number of aromatic nitrogens is 5. The molecule has 0 amide bonds. The summed E-state index contributed by atoms with van der Waals surface area (Å²) in [7, 11) is 0. The number of anilines is 1. The highest BCUT2D eigenvalue weighted by atomic mass is 32.1. The molecule has 0 radical (unpaired) electrons. The summed E-state index contributed by atoms with van der Waals surface area (Å²) >= 11 is 1.84. The van der Waals surface area contributed by atoms with Crippen LogP contribution >= 0.6 is 11.3 Å². The molecule has 4 rings (SSSR count). The fourth-order valence-corrected chi connectivity index (χ4v) is 4.15. The predicted molar refractivity (Wildman–Crippen MR) is 91.9 cm³/mol. The standard InChI is InChI=1S/C16H17N7S/c17-6-2-8-23-16-11(9-21-23)15(19-10-20-16)18-7-5-14-22-12-3-1-4-13(12)24-14/h9-10H,1-5,7-8H2,(H,18,19,20). The van der Waals surface area contributed by atoms with Crippen LogP contribution < -0.4 is 5.32 Å². The van der Waals surface area contributed by atoms with Crippen molar-refractivity contribution in [2.45, 2.75) is 38.6 Å². The first-order chi connectivity index (χ1) is 11.8. The van der Waals surface area contributed by atoms with Crippen LogP contribution in [0.1, 0.15) is 28.4 Å². The van der Waals surface area contributed by atoms with E-state index in [4.69, 9.17) is 10.2 Å². The molecule has 0 atom stereocenters. The van der Waals surface area contributed by atoms with Crippen LogP contribution in [0.2, 0.25) is 0 Å². The van der Waals surface area contributed by atoms with Gasteiger partial charge in [-0.1, -0.05) is 0 Å². The van der Waals surface area contributed by atoms with Gasteiger partial charge in [0.2, 0.25) is 0 Å². The summed E-state index contributed by atoms with van der Waals surface area (Å²) in [6.07, 6.45) is 8.17. The Bertz CT molecular complexity index is 883. The molecule has 24 heavy (non-hydrogen) atoms. The molecule has 1 aliphatic carbocycles. The lowest BCUT2D eigenvalue weighted by atomic mass is 10.3. The third kappa shape index (κ3) is 2.83. The average Bonchev–Trinajstić information content (AvgIpc) is 3.27. The number of rotatable bonds is 6. The molecule has 1 aliphatic rings. The van der Waals surface area contributed by atoms with Crippen LogP contribution in [0.15, 0.2) is 12.5 Å². The number of nitrogens with zero attached hydrogens (tertiary/aromatic N) is 6. The van der Waals surface area contributed by atoms with E-state index in [1.807, 2.05) is 11.3 Å². The van der Waals surface area contributed by atoms with Crippen molar-refractivity contribution >= 4 is 28.2 Å². The summed E-state index contributed by atoms with van der Waals surface area (Å²) in [6, 6.07) is 2.13. The molecule has 0 saturated carbocycles. The van der Waals surface area contributed by atoms with Gasteiger partial charge in [0.25, 0.3) is 0 Å². The van der Waals surface area contributed by atoms with Crippen molar-refractivity contribution in [1.82, 2.24) is 24.7 Å². The van der Waals surface area contributed by atoms with Gasteiger partial charge in [-0.2, -0.15) is 10.4 Å². The molecular formula is C16H17N7S. The maximum absolute atomic E-state index is 8.72. The number of fused-ring (bicyclic) bond motifs is 2. The van der Waals surface area contributed by atoms with Gasteiger partial charge in [0, 0.05) is 17.8 Å². The van der Waals surface area contributed by atoms with Gasteiger partial charge >= 0.3 is 0 Å². The molecule has 122 valence electrons. The molecule has 0 aromatic carbocycles. The fraction of sp³-hybridized carbons (Fsp3) is 0.438. The Hall–Kier alpha value is -2.53. The normalized spacial score (nSPS) is 13.1. The van der Waals surface area contributed by atoms with E-state index in [2.05, 4.69) is 26.5 Å². The van der Waals surface area contributed by atoms with Gasteiger partial charge in [0.15, 0.2) is 5.65 Å². The summed E-state index contributed by atoms with van der Waals surface area (Å²) in [5.74, 6) is 0.785. The van der Waals surface area contributed by atoms with E-state index >= 15 is 0 Å². The third-order valence-corrected chi connectivity index (χ3v) is 5.36. The van der Waals surface area contributed by atoms with Crippen molar-refractivity contribution < 1.29 is 0 Å². The second-order valence-corrected chi connectivity index (χ2v) is 6.91. The lowest BCUT2D eigenvalue weighted by Gasteiger charge is -2.05. The first-order valence-electron chi connectivity index (χ1n) is 8.10. The van der Waals surface area contributed by atoms with Gasteiger partial charge in [0.05, 0.1) is 41.3 Å². The molecule has 0 bridgehead atoms. The maximum Gasteiger partial charge on any atom is 0.163 e. The van der Waals surface area contributed by atoms with E-state index in [1.165, 1.54) is 34.7 Å². The number of hydrogen-bond donors (Lipinski definition) is 1. The van der Waals surface area contributed by atoms with Crippen molar-refractivity contribution in [3.63, 3.8) is 0 Å². The number of thiazole rings is 1. The quantitative estimate of drug-likeness (QED) is 0.741. The molecule has 1 N–H and O–H groups in total. The predicted octanol–water partition coefficient (Wildman–Crippen LogP) is 2.34. The van der Waals surface area contributed by atoms with E-state index in [0.29, 0.717) is 13.0 Å². The molecule has 0 spiro atoms. The lowest BCUT2D eigenvalue weighted by molar-refractivity contribution is 0.643. The summed E-state index contributed by atoms with van der Waals surface area (Å²) in [4.78, 5) is 14.8. The number of nitriles is 1. The molecule has 3 aromatic rings. The minimum absolute atomic E-state index is 0.415. The Kier molecular flexibility index (Phi) is 4.09. The third-order valence-electron chi connectivity index (χ3n) is 4.14. The average molecular weight is 339 g/mol. The van der Waals surface area contributed by atoms with Crippen molar-refractivity contribution in [1.29, 1.82) is 5.26 Å². The Labute approximate surface area is 143 Å². The smallest absolute Gasteiger partial charge is 0.163 e. The zero-order valence-electron chi connectivity index (χ0n) is 13.2. The van der Waals surface area contributed by atoms with E-state index in [-0.39, 0.29) is 0 Å². The van der Waals surface area contributed by atoms with E-state index < -0.39 is 0 Å². The van der Waals surface area contributed by atoms with Gasteiger partial charge in [-0.25, -0.2) is 19.6 Å². The summed E-state index contributed by atoms with van der Waals surface area (Å²) in [6.45, 7) is 1.32. The molecule has 0 aliphatic heterocycles. The largest absolute Gasteiger partial charge is 0.369 e. The van der Waals surface area contributed by atoms with Crippen molar-refractivity contribution in [3.05, 3.63) is 28.1 Å². The molecule has 0 fully saturated rings. The van der Waals surface area contributed by atoms with Crippen LogP contribution in [-0.2, 0) is 25.8 Å². The first-order valence-corrected chi connectivity index (χ1v) is 8.91. The van der Waals surface area contributed by atoms with Crippen LogP contribution in [0.25, 0.3) is 11.0 Å². The maximum atomic E-state index is 8.72. The molecule has 3 aromatic heterocycles. The van der Waals surface area contributed by atoms with Crippen LogP contribution in [-0.4, -0.2) is 31.3 Å². The highest BCUT2D eigenvalue weighted by molar-refractivity contribution is 7.11. The molecule has 8 heteroatoms. The molecular weight excluding hydrogens is 322 g/mol. The Morgan fingerprint density at radius 2 is 2.29 bits per heavy atom. The summed E-state index contributed by atoms with van der Waals surface area (Å²) in [5, 5.41) is 18.5. The first kappa shape index (κ1) is 15.0. The number of hydrogen-bond acceptors (Lipinski definition) is 7. The second-order valence-electron chi connectivity index (χ2n) is 5.74. The van der Waals surface area contributed by atoms with Crippen LogP contribution in [0, 0.1) is 11.3 Å². The Morgan fingerprint density at radius 1 is 1.33 bits per heavy atom. The zero-order chi connectivity index (χ0) is 16.4. The van der Waals surface area contributed by atoms with Crippen molar-refractivity contribution in [2.24, 2.45) is 0 Å². The van der Waals surface area contributed by atoms with Crippen molar-refractivity contribution in [2.75, 3.05) is 11.9 Å². The summed E-state index contributed by atoms with van der Waals surface area (Å²) in [5.41, 5.74) is 2.06.